The van der Waals surface area contributed by atoms with Gasteiger partial charge < -0.3 is 11.1 Å². The molecule has 1 fully saturated rings. The van der Waals surface area contributed by atoms with E-state index in [9.17, 15) is 0 Å². The van der Waals surface area contributed by atoms with E-state index < -0.39 is 0 Å². The summed E-state index contributed by atoms with van der Waals surface area (Å²) in [6.07, 6.45) is 2.52. The van der Waals surface area contributed by atoms with Gasteiger partial charge in [0.15, 0.2) is 0 Å². The second-order valence-corrected chi connectivity index (χ2v) is 5.15. The van der Waals surface area contributed by atoms with Gasteiger partial charge in [-0.15, -0.1) is 0 Å². The SMILES string of the molecule is CC1CC(C)NC(c2cccc(CN)c2)C1. The minimum absolute atomic E-state index is 0.505. The number of nitrogens with one attached hydrogen (secondary N) is 1. The lowest BCUT2D eigenvalue weighted by atomic mass is 9.86. The average Bonchev–Trinajstić information content (AvgIpc) is 2.28. The largest absolute Gasteiger partial charge is 0.326 e. The summed E-state index contributed by atoms with van der Waals surface area (Å²) in [6.45, 7) is 5.25. The second kappa shape index (κ2) is 4.98. The van der Waals surface area contributed by atoms with Crippen LogP contribution in [0.1, 0.15) is 43.9 Å². The van der Waals surface area contributed by atoms with Gasteiger partial charge in [-0.3, -0.25) is 0 Å². The zero-order chi connectivity index (χ0) is 11.5. The third-order valence-corrected chi connectivity index (χ3v) is 3.47. The van der Waals surface area contributed by atoms with Gasteiger partial charge in [-0.2, -0.15) is 0 Å². The Labute approximate surface area is 98.2 Å². The Bertz CT molecular complexity index is 338. The summed E-state index contributed by atoms with van der Waals surface area (Å²) < 4.78 is 0. The standard InChI is InChI=1S/C14H22N2/c1-10-6-11(2)16-14(7-10)13-5-3-4-12(8-13)9-15/h3-5,8,10-11,14,16H,6-7,9,15H2,1-2H3. The summed E-state index contributed by atoms with van der Waals surface area (Å²) in [4.78, 5) is 0. The molecule has 0 amide bonds. The molecule has 2 heteroatoms. The van der Waals surface area contributed by atoms with Gasteiger partial charge in [0.25, 0.3) is 0 Å². The molecule has 1 aromatic rings. The van der Waals surface area contributed by atoms with Crippen LogP contribution in [-0.4, -0.2) is 6.04 Å². The van der Waals surface area contributed by atoms with Gasteiger partial charge in [0.1, 0.15) is 0 Å². The van der Waals surface area contributed by atoms with E-state index in [0.717, 1.165) is 5.92 Å². The zero-order valence-electron chi connectivity index (χ0n) is 10.2. The Morgan fingerprint density at radius 3 is 2.81 bits per heavy atom. The minimum atomic E-state index is 0.505. The third kappa shape index (κ3) is 2.63. The molecular formula is C14H22N2. The van der Waals surface area contributed by atoms with Gasteiger partial charge in [0, 0.05) is 18.6 Å². The highest BCUT2D eigenvalue weighted by molar-refractivity contribution is 5.26. The van der Waals surface area contributed by atoms with E-state index >= 15 is 0 Å². The van der Waals surface area contributed by atoms with Gasteiger partial charge in [-0.1, -0.05) is 31.2 Å². The van der Waals surface area contributed by atoms with Crippen LogP contribution in [0.2, 0.25) is 0 Å². The van der Waals surface area contributed by atoms with Crippen LogP contribution in [0.5, 0.6) is 0 Å². The molecule has 1 aliphatic rings. The molecule has 2 nitrogen and oxygen atoms in total. The summed E-state index contributed by atoms with van der Waals surface area (Å²) in [7, 11) is 0. The molecule has 3 unspecified atom stereocenters. The van der Waals surface area contributed by atoms with Gasteiger partial charge in [-0.05, 0) is 36.8 Å². The Balaban J connectivity index is 2.16. The number of hydrogen-bond acceptors (Lipinski definition) is 2. The molecule has 0 aromatic heterocycles. The van der Waals surface area contributed by atoms with Crippen molar-refractivity contribution < 1.29 is 0 Å². The van der Waals surface area contributed by atoms with Gasteiger partial charge in [0.05, 0.1) is 0 Å². The number of nitrogens with two attached hydrogens (primary N) is 1. The van der Waals surface area contributed by atoms with Crippen molar-refractivity contribution in [2.45, 2.75) is 45.3 Å². The van der Waals surface area contributed by atoms with Crippen molar-refractivity contribution in [3.05, 3.63) is 35.4 Å². The van der Waals surface area contributed by atoms with Crippen LogP contribution in [0.3, 0.4) is 0 Å². The third-order valence-electron chi connectivity index (χ3n) is 3.47. The normalized spacial score (nSPS) is 30.3. The van der Waals surface area contributed by atoms with Crippen molar-refractivity contribution in [3.8, 4) is 0 Å². The number of benzene rings is 1. The fourth-order valence-electron chi connectivity index (χ4n) is 2.75. The molecule has 0 aliphatic carbocycles. The van der Waals surface area contributed by atoms with Crippen molar-refractivity contribution in [1.29, 1.82) is 0 Å². The Morgan fingerprint density at radius 2 is 2.12 bits per heavy atom. The van der Waals surface area contributed by atoms with Crippen LogP contribution >= 0.6 is 0 Å². The van der Waals surface area contributed by atoms with Crippen LogP contribution in [-0.2, 0) is 6.54 Å². The molecule has 16 heavy (non-hydrogen) atoms. The molecule has 3 atom stereocenters. The molecule has 1 aromatic carbocycles. The first kappa shape index (κ1) is 11.6. The smallest absolute Gasteiger partial charge is 0.0325 e. The van der Waals surface area contributed by atoms with E-state index in [1.54, 1.807) is 0 Å². The van der Waals surface area contributed by atoms with Crippen LogP contribution in [0.15, 0.2) is 24.3 Å². The predicted molar refractivity (Wildman–Crippen MR) is 68.1 cm³/mol. The van der Waals surface area contributed by atoms with E-state index in [1.165, 1.54) is 24.0 Å². The van der Waals surface area contributed by atoms with Gasteiger partial charge in [0.2, 0.25) is 0 Å². The van der Waals surface area contributed by atoms with E-state index in [2.05, 4.69) is 43.4 Å². The fraction of sp³-hybridized carbons (Fsp3) is 0.571. The molecule has 0 spiro atoms. The van der Waals surface area contributed by atoms with Crippen LogP contribution in [0.4, 0.5) is 0 Å². The van der Waals surface area contributed by atoms with Crippen molar-refractivity contribution in [2.24, 2.45) is 11.7 Å². The summed E-state index contributed by atoms with van der Waals surface area (Å²) in [5.41, 5.74) is 8.30. The minimum Gasteiger partial charge on any atom is -0.326 e. The maximum Gasteiger partial charge on any atom is 0.0325 e. The molecule has 0 radical (unpaired) electrons. The topological polar surface area (TPSA) is 38.0 Å². The maximum atomic E-state index is 5.68. The Morgan fingerprint density at radius 1 is 1.31 bits per heavy atom. The average molecular weight is 218 g/mol. The summed E-state index contributed by atoms with van der Waals surface area (Å²) in [6, 6.07) is 9.78. The first-order valence-electron chi connectivity index (χ1n) is 6.24. The van der Waals surface area contributed by atoms with E-state index in [4.69, 9.17) is 5.73 Å². The van der Waals surface area contributed by atoms with Crippen molar-refractivity contribution in [2.75, 3.05) is 0 Å². The zero-order valence-corrected chi connectivity index (χ0v) is 10.2. The monoisotopic (exact) mass is 218 g/mol. The predicted octanol–water partition coefficient (Wildman–Crippen LogP) is 2.59. The summed E-state index contributed by atoms with van der Waals surface area (Å²) in [5.74, 6) is 0.808. The fourth-order valence-corrected chi connectivity index (χ4v) is 2.75. The lowest BCUT2D eigenvalue weighted by Gasteiger charge is -2.33. The molecule has 0 saturated carbocycles. The molecular weight excluding hydrogens is 196 g/mol. The molecule has 0 bridgehead atoms. The number of piperidine rings is 1. The molecule has 2 rings (SSSR count). The highest BCUT2D eigenvalue weighted by atomic mass is 15.0. The maximum absolute atomic E-state index is 5.68. The molecule has 1 saturated heterocycles. The van der Waals surface area contributed by atoms with Gasteiger partial charge >= 0.3 is 0 Å². The van der Waals surface area contributed by atoms with E-state index in [-0.39, 0.29) is 0 Å². The van der Waals surface area contributed by atoms with Crippen molar-refractivity contribution >= 4 is 0 Å². The van der Waals surface area contributed by atoms with Crippen LogP contribution in [0, 0.1) is 5.92 Å². The van der Waals surface area contributed by atoms with Crippen molar-refractivity contribution in [3.63, 3.8) is 0 Å². The first-order valence-corrected chi connectivity index (χ1v) is 6.24. The molecule has 3 N–H and O–H groups in total. The Hall–Kier alpha value is -0.860. The number of rotatable bonds is 2. The quantitative estimate of drug-likeness (QED) is 0.800. The molecule has 1 heterocycles. The first-order chi connectivity index (χ1) is 7.69. The van der Waals surface area contributed by atoms with E-state index in [1.807, 2.05) is 0 Å². The van der Waals surface area contributed by atoms with Crippen molar-refractivity contribution in [1.82, 2.24) is 5.32 Å². The Kier molecular flexibility index (Phi) is 3.62. The lowest BCUT2D eigenvalue weighted by Crippen LogP contribution is -2.37. The highest BCUT2D eigenvalue weighted by Crippen LogP contribution is 2.29. The van der Waals surface area contributed by atoms with Gasteiger partial charge in [-0.25, -0.2) is 0 Å². The van der Waals surface area contributed by atoms with Crippen LogP contribution in [0.25, 0.3) is 0 Å². The van der Waals surface area contributed by atoms with Crippen LogP contribution < -0.4 is 11.1 Å². The van der Waals surface area contributed by atoms with E-state index in [0.29, 0.717) is 18.6 Å². The highest BCUT2D eigenvalue weighted by Gasteiger charge is 2.23. The second-order valence-electron chi connectivity index (χ2n) is 5.15. The lowest BCUT2D eigenvalue weighted by molar-refractivity contribution is 0.269. The number of hydrogen-bond donors (Lipinski definition) is 2. The summed E-state index contributed by atoms with van der Waals surface area (Å²) in [5, 5.41) is 3.67. The molecule has 1 aliphatic heterocycles. The summed E-state index contributed by atoms with van der Waals surface area (Å²) >= 11 is 0. The molecule has 88 valence electrons.